The van der Waals surface area contributed by atoms with Crippen molar-refractivity contribution in [1.29, 1.82) is 0 Å². The molecule has 1 unspecified atom stereocenters. The molecule has 9 aromatic rings. The molecular formula is C45H30N4S. The highest BCUT2D eigenvalue weighted by molar-refractivity contribution is 7.25. The number of nitrogens with zero attached hydrogens (tertiary/aromatic N) is 3. The SMILES string of the molecule is c1ccc(C2=NC(c3cccc(-c4cccc(-n5c6ccccc6c6cc7c(cc65)sc5ccccc57)c4)c3)=NC(c3ccccc3)N2)cc1. The van der Waals surface area contributed by atoms with E-state index in [4.69, 9.17) is 9.98 Å². The average Bonchev–Trinajstić information content (AvgIpc) is 3.72. The summed E-state index contributed by atoms with van der Waals surface area (Å²) in [6.45, 7) is 0. The molecule has 50 heavy (non-hydrogen) atoms. The number of hydrogen-bond acceptors (Lipinski definition) is 4. The predicted octanol–water partition coefficient (Wildman–Crippen LogP) is 11.3. The zero-order chi connectivity index (χ0) is 33.0. The van der Waals surface area contributed by atoms with Crippen LogP contribution in [0.1, 0.15) is 22.9 Å². The lowest BCUT2D eigenvalue weighted by atomic mass is 10.0. The van der Waals surface area contributed by atoms with Crippen molar-refractivity contribution in [3.8, 4) is 16.8 Å². The highest BCUT2D eigenvalue weighted by Crippen LogP contribution is 2.41. The van der Waals surface area contributed by atoms with Crippen molar-refractivity contribution in [2.75, 3.05) is 0 Å². The monoisotopic (exact) mass is 658 g/mol. The zero-order valence-electron chi connectivity index (χ0n) is 27.0. The lowest BCUT2D eigenvalue weighted by molar-refractivity contribution is 0.674. The number of hydrogen-bond donors (Lipinski definition) is 1. The van der Waals surface area contributed by atoms with Gasteiger partial charge in [-0.15, -0.1) is 11.3 Å². The second kappa shape index (κ2) is 11.7. The standard InChI is InChI=1S/C45H30N4S/c1-3-13-29(14-4-1)43-46-44(30-15-5-2-6-16-30)48-45(47-43)33-19-11-17-31(25-33)32-18-12-20-34(26-32)49-39-23-9-7-21-35(39)37-27-38-36-22-8-10-24-41(36)50-42(38)28-40(37)49/h1-28,43H,(H,46,47,48). The minimum atomic E-state index is -0.242. The molecule has 1 N–H and O–H groups in total. The summed E-state index contributed by atoms with van der Waals surface area (Å²) in [4.78, 5) is 10.2. The molecule has 0 aliphatic carbocycles. The van der Waals surface area contributed by atoms with Crippen molar-refractivity contribution in [2.45, 2.75) is 6.17 Å². The quantitative estimate of drug-likeness (QED) is 0.196. The summed E-state index contributed by atoms with van der Waals surface area (Å²) in [5, 5.41) is 8.74. The Hall–Kier alpha value is -6.30. The van der Waals surface area contributed by atoms with E-state index >= 15 is 0 Å². The van der Waals surface area contributed by atoms with E-state index in [-0.39, 0.29) is 6.17 Å². The number of benzene rings is 7. The number of para-hydroxylation sites is 1. The van der Waals surface area contributed by atoms with E-state index in [9.17, 15) is 0 Å². The highest BCUT2D eigenvalue weighted by Gasteiger charge is 2.21. The van der Waals surface area contributed by atoms with Crippen LogP contribution in [0.3, 0.4) is 0 Å². The number of nitrogens with one attached hydrogen (secondary N) is 1. The van der Waals surface area contributed by atoms with Crippen LogP contribution in [0.25, 0.3) is 58.8 Å². The molecule has 0 radical (unpaired) electrons. The first-order valence-corrected chi connectivity index (χ1v) is 17.7. The van der Waals surface area contributed by atoms with Gasteiger partial charge in [-0.1, -0.05) is 127 Å². The van der Waals surface area contributed by atoms with Crippen LogP contribution in [0.15, 0.2) is 180 Å². The van der Waals surface area contributed by atoms with Crippen LogP contribution in [0.2, 0.25) is 0 Å². The molecule has 1 aliphatic rings. The van der Waals surface area contributed by atoms with Crippen molar-refractivity contribution < 1.29 is 0 Å². The second-order valence-corrected chi connectivity index (χ2v) is 13.8. The average molecular weight is 659 g/mol. The van der Waals surface area contributed by atoms with E-state index < -0.39 is 0 Å². The third-order valence-electron chi connectivity index (χ3n) is 9.63. The molecule has 0 amide bonds. The zero-order valence-corrected chi connectivity index (χ0v) is 27.8. The van der Waals surface area contributed by atoms with Crippen LogP contribution >= 0.6 is 11.3 Å². The van der Waals surface area contributed by atoms with Gasteiger partial charge in [-0.05, 0) is 59.2 Å². The van der Waals surface area contributed by atoms with Gasteiger partial charge in [0.15, 0.2) is 5.84 Å². The Morgan fingerprint density at radius 2 is 1.16 bits per heavy atom. The van der Waals surface area contributed by atoms with Crippen molar-refractivity contribution >= 4 is 65.0 Å². The molecule has 0 saturated carbocycles. The second-order valence-electron chi connectivity index (χ2n) is 12.7. The maximum absolute atomic E-state index is 5.11. The van der Waals surface area contributed by atoms with Gasteiger partial charge in [-0.2, -0.15) is 0 Å². The van der Waals surface area contributed by atoms with Gasteiger partial charge in [-0.3, -0.25) is 0 Å². The van der Waals surface area contributed by atoms with Gasteiger partial charge in [0.25, 0.3) is 0 Å². The van der Waals surface area contributed by atoms with Crippen LogP contribution in [-0.4, -0.2) is 16.2 Å². The van der Waals surface area contributed by atoms with E-state index in [1.54, 1.807) is 0 Å². The molecule has 0 bridgehead atoms. The fourth-order valence-corrected chi connectivity index (χ4v) is 8.38. The van der Waals surface area contributed by atoms with Crippen LogP contribution in [0.5, 0.6) is 0 Å². The van der Waals surface area contributed by atoms with Gasteiger partial charge in [0, 0.05) is 47.8 Å². The largest absolute Gasteiger partial charge is 0.344 e. The Morgan fingerprint density at radius 3 is 2.02 bits per heavy atom. The Morgan fingerprint density at radius 1 is 0.480 bits per heavy atom. The molecule has 0 spiro atoms. The Kier molecular flexibility index (Phi) is 6.71. The molecular weight excluding hydrogens is 629 g/mol. The van der Waals surface area contributed by atoms with Crippen molar-refractivity contribution in [2.24, 2.45) is 9.98 Å². The molecule has 3 heterocycles. The van der Waals surface area contributed by atoms with Crippen LogP contribution in [0.4, 0.5) is 0 Å². The topological polar surface area (TPSA) is 41.7 Å². The van der Waals surface area contributed by atoms with E-state index in [0.717, 1.165) is 39.3 Å². The van der Waals surface area contributed by atoms with Crippen LogP contribution < -0.4 is 5.32 Å². The number of amidine groups is 2. The lowest BCUT2D eigenvalue weighted by Crippen LogP contribution is -2.33. The minimum absolute atomic E-state index is 0.242. The summed E-state index contributed by atoms with van der Waals surface area (Å²) in [5.41, 5.74) is 8.91. The number of thiophene rings is 1. The van der Waals surface area contributed by atoms with Crippen molar-refractivity contribution in [3.05, 3.63) is 187 Å². The molecule has 0 fully saturated rings. The molecule has 2 aromatic heterocycles. The summed E-state index contributed by atoms with van der Waals surface area (Å²) in [6, 6.07) is 60.3. The Labute approximate surface area is 293 Å². The molecule has 1 atom stereocenters. The Bertz CT molecular complexity index is 2790. The van der Waals surface area contributed by atoms with Gasteiger partial charge in [-0.25, -0.2) is 9.98 Å². The first kappa shape index (κ1) is 28.7. The summed E-state index contributed by atoms with van der Waals surface area (Å²) >= 11 is 1.86. The van der Waals surface area contributed by atoms with Crippen molar-refractivity contribution in [1.82, 2.24) is 9.88 Å². The first-order valence-electron chi connectivity index (χ1n) is 16.9. The maximum Gasteiger partial charge on any atom is 0.159 e. The van der Waals surface area contributed by atoms with E-state index in [2.05, 4.69) is 155 Å². The summed E-state index contributed by atoms with van der Waals surface area (Å²) in [5.74, 6) is 1.53. The fraction of sp³-hybridized carbons (Fsp3) is 0.0222. The lowest BCUT2D eigenvalue weighted by Gasteiger charge is -2.23. The van der Waals surface area contributed by atoms with Crippen LogP contribution in [0, 0.1) is 0 Å². The predicted molar refractivity (Wildman–Crippen MR) is 211 cm³/mol. The summed E-state index contributed by atoms with van der Waals surface area (Å²) in [6.07, 6.45) is -0.242. The smallest absolute Gasteiger partial charge is 0.159 e. The van der Waals surface area contributed by atoms with Crippen LogP contribution in [-0.2, 0) is 0 Å². The molecule has 236 valence electrons. The third-order valence-corrected chi connectivity index (χ3v) is 10.8. The fourth-order valence-electron chi connectivity index (χ4n) is 7.26. The molecule has 7 aromatic carbocycles. The van der Waals surface area contributed by atoms with Gasteiger partial charge in [0.1, 0.15) is 12.0 Å². The molecule has 4 nitrogen and oxygen atoms in total. The minimum Gasteiger partial charge on any atom is -0.344 e. The first-order chi connectivity index (χ1) is 24.8. The third kappa shape index (κ3) is 4.82. The van der Waals surface area contributed by atoms with E-state index in [1.165, 1.54) is 42.0 Å². The highest BCUT2D eigenvalue weighted by atomic mass is 32.1. The van der Waals surface area contributed by atoms with Gasteiger partial charge >= 0.3 is 0 Å². The number of fused-ring (bicyclic) bond motifs is 6. The number of aromatic nitrogens is 1. The molecule has 1 aliphatic heterocycles. The maximum atomic E-state index is 5.11. The Balaban J connectivity index is 1.09. The van der Waals surface area contributed by atoms with Gasteiger partial charge in [0.05, 0.1) is 11.0 Å². The van der Waals surface area contributed by atoms with Crippen molar-refractivity contribution in [3.63, 3.8) is 0 Å². The van der Waals surface area contributed by atoms with E-state index in [0.29, 0.717) is 5.84 Å². The molecule has 0 saturated heterocycles. The number of rotatable bonds is 5. The molecule has 5 heteroatoms. The summed E-state index contributed by atoms with van der Waals surface area (Å²) < 4.78 is 5.04. The molecule has 10 rings (SSSR count). The normalized spacial score (nSPS) is 14.6. The van der Waals surface area contributed by atoms with E-state index in [1.807, 2.05) is 35.6 Å². The summed E-state index contributed by atoms with van der Waals surface area (Å²) in [7, 11) is 0. The van der Waals surface area contributed by atoms with Gasteiger partial charge < -0.3 is 9.88 Å². The number of aliphatic imine (C=N–C) groups is 2. The van der Waals surface area contributed by atoms with Gasteiger partial charge in [0.2, 0.25) is 0 Å².